The van der Waals surface area contributed by atoms with E-state index in [9.17, 15) is 15.3 Å². The highest BCUT2D eigenvalue weighted by molar-refractivity contribution is 5.92. The number of anilines is 1. The van der Waals surface area contributed by atoms with Crippen LogP contribution in [-0.2, 0) is 4.74 Å². The van der Waals surface area contributed by atoms with Crippen molar-refractivity contribution in [1.82, 2.24) is 14.5 Å². The number of benzene rings is 1. The molecule has 0 spiro atoms. The SMILES string of the molecule is C[C@@]1(O)C(O)C(CO)OC1n1ccc2c(-c3ccccc3)nc(N)nc21. The van der Waals surface area contributed by atoms with Crippen LogP contribution in [0.1, 0.15) is 13.2 Å². The summed E-state index contributed by atoms with van der Waals surface area (Å²) in [6, 6.07) is 11.4. The van der Waals surface area contributed by atoms with Crippen molar-refractivity contribution in [3.8, 4) is 11.3 Å². The lowest BCUT2D eigenvalue weighted by Crippen LogP contribution is -2.44. The zero-order valence-corrected chi connectivity index (χ0v) is 14.1. The molecule has 4 atom stereocenters. The number of aromatic nitrogens is 3. The van der Waals surface area contributed by atoms with E-state index < -0.39 is 30.6 Å². The van der Waals surface area contributed by atoms with Crippen molar-refractivity contribution in [2.75, 3.05) is 12.3 Å². The van der Waals surface area contributed by atoms with Gasteiger partial charge in [0.1, 0.15) is 23.5 Å². The number of fused-ring (bicyclic) bond motifs is 1. The van der Waals surface area contributed by atoms with Gasteiger partial charge in [0.15, 0.2) is 6.23 Å². The van der Waals surface area contributed by atoms with Gasteiger partial charge in [-0.3, -0.25) is 0 Å². The standard InChI is InChI=1S/C18H20N4O4/c1-18(25)14(24)12(9-23)26-16(18)22-8-7-11-13(10-5-3-2-4-6-10)20-17(19)21-15(11)22/h2-8,12,14,16,23-25H,9H2,1H3,(H2,19,20,21)/t12?,14?,16?,18-/m1/s1. The molecule has 1 fully saturated rings. The van der Waals surface area contributed by atoms with E-state index in [4.69, 9.17) is 10.5 Å². The minimum atomic E-state index is -1.61. The Morgan fingerprint density at radius 2 is 1.96 bits per heavy atom. The maximum atomic E-state index is 10.7. The highest BCUT2D eigenvalue weighted by Gasteiger charge is 2.53. The molecular formula is C18H20N4O4. The minimum Gasteiger partial charge on any atom is -0.394 e. The van der Waals surface area contributed by atoms with E-state index in [1.807, 2.05) is 36.4 Å². The van der Waals surface area contributed by atoms with Crippen LogP contribution in [0.2, 0.25) is 0 Å². The Morgan fingerprint density at radius 3 is 2.62 bits per heavy atom. The molecule has 3 unspecified atom stereocenters. The second-order valence-electron chi connectivity index (χ2n) is 6.64. The molecule has 0 bridgehead atoms. The number of aliphatic hydroxyl groups excluding tert-OH is 2. The smallest absolute Gasteiger partial charge is 0.222 e. The van der Waals surface area contributed by atoms with Crippen molar-refractivity contribution in [2.45, 2.75) is 31.0 Å². The molecule has 1 aliphatic heterocycles. The van der Waals surface area contributed by atoms with Gasteiger partial charge >= 0.3 is 0 Å². The number of ether oxygens (including phenoxy) is 1. The monoisotopic (exact) mass is 356 g/mol. The first-order chi connectivity index (χ1) is 12.4. The molecule has 3 heterocycles. The van der Waals surface area contributed by atoms with Gasteiger partial charge in [0.2, 0.25) is 5.95 Å². The summed E-state index contributed by atoms with van der Waals surface area (Å²) in [6.07, 6.45) is -1.34. The molecule has 2 aromatic heterocycles. The van der Waals surface area contributed by atoms with Gasteiger partial charge in [-0.15, -0.1) is 0 Å². The van der Waals surface area contributed by atoms with Gasteiger partial charge in [-0.25, -0.2) is 4.98 Å². The molecular weight excluding hydrogens is 336 g/mol. The number of rotatable bonds is 3. The van der Waals surface area contributed by atoms with Gasteiger partial charge in [0.25, 0.3) is 0 Å². The van der Waals surface area contributed by atoms with Gasteiger partial charge in [-0.05, 0) is 13.0 Å². The predicted molar refractivity (Wildman–Crippen MR) is 95.0 cm³/mol. The Bertz CT molecular complexity index is 941. The molecule has 26 heavy (non-hydrogen) atoms. The second-order valence-corrected chi connectivity index (χ2v) is 6.64. The summed E-state index contributed by atoms with van der Waals surface area (Å²) in [6.45, 7) is 1.06. The van der Waals surface area contributed by atoms with Crippen molar-refractivity contribution in [3.05, 3.63) is 42.6 Å². The summed E-state index contributed by atoms with van der Waals surface area (Å²) in [5.41, 5.74) is 6.34. The summed E-state index contributed by atoms with van der Waals surface area (Å²) in [4.78, 5) is 8.66. The Labute approximate surface area is 149 Å². The van der Waals surface area contributed by atoms with Gasteiger partial charge in [-0.1, -0.05) is 30.3 Å². The van der Waals surface area contributed by atoms with Crippen molar-refractivity contribution in [2.24, 2.45) is 0 Å². The van der Waals surface area contributed by atoms with Gasteiger partial charge in [-0.2, -0.15) is 4.98 Å². The molecule has 1 aromatic carbocycles. The molecule has 5 N–H and O–H groups in total. The molecule has 8 nitrogen and oxygen atoms in total. The summed E-state index contributed by atoms with van der Waals surface area (Å²) in [7, 11) is 0. The number of nitrogen functional groups attached to an aromatic ring is 1. The van der Waals surface area contributed by atoms with Gasteiger partial charge in [0.05, 0.1) is 12.3 Å². The third kappa shape index (κ3) is 2.46. The van der Waals surface area contributed by atoms with E-state index in [0.717, 1.165) is 10.9 Å². The lowest BCUT2D eigenvalue weighted by Gasteiger charge is -2.27. The van der Waals surface area contributed by atoms with Crippen LogP contribution in [0, 0.1) is 0 Å². The number of hydrogen-bond acceptors (Lipinski definition) is 7. The number of nitrogens with two attached hydrogens (primary N) is 1. The number of nitrogens with zero attached hydrogens (tertiary/aromatic N) is 3. The lowest BCUT2D eigenvalue weighted by atomic mass is 9.96. The van der Waals surface area contributed by atoms with Crippen molar-refractivity contribution < 1.29 is 20.1 Å². The quantitative estimate of drug-likeness (QED) is 0.543. The Kier molecular flexibility index (Phi) is 3.92. The fourth-order valence-electron chi connectivity index (χ4n) is 3.45. The third-order valence-corrected chi connectivity index (χ3v) is 4.82. The van der Waals surface area contributed by atoms with Crippen LogP contribution in [0.4, 0.5) is 5.95 Å². The molecule has 0 radical (unpaired) electrons. The molecule has 8 heteroatoms. The first-order valence-corrected chi connectivity index (χ1v) is 8.29. The van der Waals surface area contributed by atoms with Crippen molar-refractivity contribution in [1.29, 1.82) is 0 Å². The lowest BCUT2D eigenvalue weighted by molar-refractivity contribution is -0.0948. The maximum absolute atomic E-state index is 10.7. The van der Waals surface area contributed by atoms with E-state index in [0.29, 0.717) is 11.3 Å². The largest absolute Gasteiger partial charge is 0.394 e. The molecule has 0 amide bonds. The topological polar surface area (TPSA) is 127 Å². The van der Waals surface area contributed by atoms with E-state index in [2.05, 4.69) is 9.97 Å². The maximum Gasteiger partial charge on any atom is 0.222 e. The van der Waals surface area contributed by atoms with Crippen LogP contribution in [0.3, 0.4) is 0 Å². The van der Waals surface area contributed by atoms with Crippen LogP contribution >= 0.6 is 0 Å². The molecule has 1 saturated heterocycles. The van der Waals surface area contributed by atoms with Gasteiger partial charge in [0, 0.05) is 17.1 Å². The van der Waals surface area contributed by atoms with E-state index in [1.165, 1.54) is 6.92 Å². The van der Waals surface area contributed by atoms with Gasteiger partial charge < -0.3 is 30.4 Å². The van der Waals surface area contributed by atoms with E-state index in [-0.39, 0.29) is 5.95 Å². The molecule has 4 rings (SSSR count). The highest BCUT2D eigenvalue weighted by atomic mass is 16.6. The number of aliphatic hydroxyl groups is 3. The predicted octanol–water partition coefficient (Wildman–Crippen LogP) is 0.682. The Balaban J connectivity index is 1.88. The van der Waals surface area contributed by atoms with Crippen molar-refractivity contribution >= 4 is 17.0 Å². The van der Waals surface area contributed by atoms with Crippen LogP contribution in [0.15, 0.2) is 42.6 Å². The average Bonchev–Trinajstić information content (AvgIpc) is 3.14. The average molecular weight is 356 g/mol. The summed E-state index contributed by atoms with van der Waals surface area (Å²) in [5, 5.41) is 31.1. The highest BCUT2D eigenvalue weighted by Crippen LogP contribution is 2.40. The minimum absolute atomic E-state index is 0.0909. The van der Waals surface area contributed by atoms with E-state index in [1.54, 1.807) is 10.8 Å². The Hall–Kier alpha value is -2.52. The number of hydrogen-bond donors (Lipinski definition) is 4. The zero-order chi connectivity index (χ0) is 18.5. The van der Waals surface area contributed by atoms with Crippen LogP contribution in [0.5, 0.6) is 0 Å². The third-order valence-electron chi connectivity index (χ3n) is 4.82. The fourth-order valence-corrected chi connectivity index (χ4v) is 3.45. The second kappa shape index (κ2) is 6.03. The van der Waals surface area contributed by atoms with Crippen LogP contribution in [-0.4, -0.2) is 54.3 Å². The molecule has 1 aliphatic rings. The van der Waals surface area contributed by atoms with Crippen LogP contribution < -0.4 is 5.73 Å². The van der Waals surface area contributed by atoms with Crippen LogP contribution in [0.25, 0.3) is 22.3 Å². The normalized spacial score (nSPS) is 28.7. The fraction of sp³-hybridized carbons (Fsp3) is 0.333. The Morgan fingerprint density at radius 1 is 1.23 bits per heavy atom. The first kappa shape index (κ1) is 16.9. The summed E-state index contributed by atoms with van der Waals surface area (Å²) in [5.74, 6) is 0.0909. The molecule has 0 aliphatic carbocycles. The van der Waals surface area contributed by atoms with E-state index >= 15 is 0 Å². The molecule has 0 saturated carbocycles. The summed E-state index contributed by atoms with van der Waals surface area (Å²) < 4.78 is 7.30. The summed E-state index contributed by atoms with van der Waals surface area (Å²) >= 11 is 0. The molecule has 3 aromatic rings. The molecule has 136 valence electrons. The first-order valence-electron chi connectivity index (χ1n) is 8.29. The van der Waals surface area contributed by atoms with Crippen molar-refractivity contribution in [3.63, 3.8) is 0 Å². The zero-order valence-electron chi connectivity index (χ0n) is 14.1.